The number of carboxylic acids is 1. The minimum Gasteiger partial charge on any atom is -0.478 e. The highest BCUT2D eigenvalue weighted by Crippen LogP contribution is 2.29. The molecule has 0 radical (unpaired) electrons. The summed E-state index contributed by atoms with van der Waals surface area (Å²) in [6.45, 7) is 5.11. The fourth-order valence-corrected chi connectivity index (χ4v) is 4.27. The van der Waals surface area contributed by atoms with Gasteiger partial charge in [0.25, 0.3) is 0 Å². The molecule has 1 heterocycles. The average molecular weight is 494 g/mol. The van der Waals surface area contributed by atoms with Crippen LogP contribution in [0.25, 0.3) is 0 Å². The third-order valence-electron chi connectivity index (χ3n) is 6.39. The lowest BCUT2D eigenvalue weighted by Gasteiger charge is -2.21. The van der Waals surface area contributed by atoms with Crippen LogP contribution in [0.4, 0.5) is 0 Å². The Bertz CT molecular complexity index is 1280. The molecule has 4 rings (SSSR count). The predicted molar refractivity (Wildman–Crippen MR) is 132 cm³/mol. The lowest BCUT2D eigenvalue weighted by Crippen LogP contribution is -2.37. The van der Waals surface area contributed by atoms with Crippen molar-refractivity contribution in [3.63, 3.8) is 0 Å². The summed E-state index contributed by atoms with van der Waals surface area (Å²) in [4.78, 5) is 37.2. The van der Waals surface area contributed by atoms with Crippen molar-refractivity contribution >= 4 is 11.9 Å². The Labute approximate surface area is 209 Å². The summed E-state index contributed by atoms with van der Waals surface area (Å²) in [5.74, 6) is -0.918. The molecule has 2 aromatic carbocycles. The second kappa shape index (κ2) is 10.4. The number of hydrogen-bond donors (Lipinski definition) is 1. The van der Waals surface area contributed by atoms with Crippen molar-refractivity contribution in [1.82, 2.24) is 14.3 Å². The fraction of sp³-hybridized carbons (Fsp3) is 0.407. The predicted octanol–water partition coefficient (Wildman–Crippen LogP) is 4.12. The van der Waals surface area contributed by atoms with Crippen molar-refractivity contribution in [2.75, 3.05) is 0 Å². The number of ether oxygens (including phenoxy) is 2. The third kappa shape index (κ3) is 5.67. The molecule has 0 spiro atoms. The van der Waals surface area contributed by atoms with Crippen molar-refractivity contribution < 1.29 is 24.2 Å². The molecule has 190 valence electrons. The Morgan fingerprint density at radius 3 is 2.31 bits per heavy atom. The number of carbonyl (C=O) groups is 2. The SMILES string of the molecule is Cc1ccc(Cn2nc(COC(=O)c3ccc(OC(C)(C)C(=O)O)cc3)n(C3CCCC3)c2=O)cc1. The van der Waals surface area contributed by atoms with E-state index in [1.165, 1.54) is 42.8 Å². The van der Waals surface area contributed by atoms with E-state index < -0.39 is 17.5 Å². The number of hydrogen-bond acceptors (Lipinski definition) is 6. The van der Waals surface area contributed by atoms with Gasteiger partial charge < -0.3 is 14.6 Å². The van der Waals surface area contributed by atoms with Crippen molar-refractivity contribution in [1.29, 1.82) is 0 Å². The number of aliphatic carboxylic acids is 1. The molecule has 0 bridgehead atoms. The van der Waals surface area contributed by atoms with Crippen LogP contribution in [0, 0.1) is 6.92 Å². The molecule has 0 saturated heterocycles. The average Bonchev–Trinajstić information content (AvgIpc) is 3.47. The topological polar surface area (TPSA) is 113 Å². The van der Waals surface area contributed by atoms with Crippen LogP contribution < -0.4 is 10.4 Å². The smallest absolute Gasteiger partial charge is 0.347 e. The minimum absolute atomic E-state index is 0.0481. The number of rotatable bonds is 9. The van der Waals surface area contributed by atoms with E-state index in [1.54, 1.807) is 4.57 Å². The van der Waals surface area contributed by atoms with Crippen LogP contribution in [0.2, 0.25) is 0 Å². The molecule has 3 aromatic rings. The summed E-state index contributed by atoms with van der Waals surface area (Å²) >= 11 is 0. The lowest BCUT2D eigenvalue weighted by molar-refractivity contribution is -0.152. The summed E-state index contributed by atoms with van der Waals surface area (Å²) in [5.41, 5.74) is 0.792. The molecule has 9 nitrogen and oxygen atoms in total. The summed E-state index contributed by atoms with van der Waals surface area (Å²) in [6.07, 6.45) is 3.88. The van der Waals surface area contributed by atoms with E-state index in [2.05, 4.69) is 5.10 Å². The Balaban J connectivity index is 1.49. The second-order valence-corrected chi connectivity index (χ2v) is 9.67. The molecular formula is C27H31N3O6. The van der Waals surface area contributed by atoms with E-state index in [1.807, 2.05) is 31.2 Å². The molecule has 1 aliphatic rings. The first-order chi connectivity index (χ1) is 17.1. The molecule has 0 amide bonds. The van der Waals surface area contributed by atoms with Gasteiger partial charge in [0.05, 0.1) is 12.1 Å². The molecule has 1 aliphatic carbocycles. The van der Waals surface area contributed by atoms with E-state index >= 15 is 0 Å². The van der Waals surface area contributed by atoms with Crippen molar-refractivity contribution in [2.45, 2.75) is 71.2 Å². The highest BCUT2D eigenvalue weighted by molar-refractivity contribution is 5.89. The van der Waals surface area contributed by atoms with Gasteiger partial charge in [0.15, 0.2) is 18.0 Å². The van der Waals surface area contributed by atoms with Gasteiger partial charge in [-0.3, -0.25) is 4.57 Å². The summed E-state index contributed by atoms with van der Waals surface area (Å²) in [5, 5.41) is 13.7. The molecule has 1 aromatic heterocycles. The van der Waals surface area contributed by atoms with Gasteiger partial charge in [0, 0.05) is 6.04 Å². The maximum atomic E-state index is 13.2. The van der Waals surface area contributed by atoms with E-state index in [0.29, 0.717) is 18.1 Å². The second-order valence-electron chi connectivity index (χ2n) is 9.67. The standard InChI is InChI=1S/C27H31N3O6/c1-18-8-10-19(11-9-18)16-29-26(34)30(21-6-4-5-7-21)23(28-29)17-35-24(31)20-12-14-22(15-13-20)36-27(2,3)25(32)33/h8-15,21H,4-7,16-17H2,1-3H3,(H,32,33). The van der Waals surface area contributed by atoms with Crippen molar-refractivity contribution in [3.05, 3.63) is 81.5 Å². The molecule has 1 saturated carbocycles. The van der Waals surface area contributed by atoms with Crippen LogP contribution in [-0.4, -0.2) is 37.0 Å². The largest absolute Gasteiger partial charge is 0.478 e. The van der Waals surface area contributed by atoms with Crippen molar-refractivity contribution in [3.8, 4) is 5.75 Å². The van der Waals surface area contributed by atoms with Crippen LogP contribution >= 0.6 is 0 Å². The molecular weight excluding hydrogens is 462 g/mol. The van der Waals surface area contributed by atoms with Gasteiger partial charge in [-0.15, -0.1) is 0 Å². The summed E-state index contributed by atoms with van der Waals surface area (Å²) < 4.78 is 14.1. The zero-order valence-corrected chi connectivity index (χ0v) is 20.8. The lowest BCUT2D eigenvalue weighted by atomic mass is 10.1. The van der Waals surface area contributed by atoms with E-state index in [4.69, 9.17) is 9.47 Å². The normalized spacial score (nSPS) is 14.1. The van der Waals surface area contributed by atoms with Crippen molar-refractivity contribution in [2.24, 2.45) is 0 Å². The monoisotopic (exact) mass is 493 g/mol. The number of aromatic nitrogens is 3. The van der Waals surface area contributed by atoms with Gasteiger partial charge in [0.2, 0.25) is 0 Å². The number of aryl methyl sites for hydroxylation is 1. The molecule has 0 unspecified atom stereocenters. The van der Waals surface area contributed by atoms with Crippen LogP contribution in [0.5, 0.6) is 5.75 Å². The molecule has 1 fully saturated rings. The van der Waals surface area contributed by atoms with Gasteiger partial charge in [-0.25, -0.2) is 19.1 Å². The van der Waals surface area contributed by atoms with Gasteiger partial charge in [0.1, 0.15) is 5.75 Å². The number of esters is 1. The quantitative estimate of drug-likeness (QED) is 0.446. The zero-order chi connectivity index (χ0) is 25.9. The molecule has 0 atom stereocenters. The van der Waals surface area contributed by atoms with Gasteiger partial charge >= 0.3 is 17.6 Å². The molecule has 0 aliphatic heterocycles. The van der Waals surface area contributed by atoms with Crippen LogP contribution in [-0.2, 0) is 22.7 Å². The van der Waals surface area contributed by atoms with Gasteiger partial charge in [-0.1, -0.05) is 42.7 Å². The van der Waals surface area contributed by atoms with Crippen LogP contribution in [0.15, 0.2) is 53.3 Å². The maximum absolute atomic E-state index is 13.2. The van der Waals surface area contributed by atoms with Gasteiger partial charge in [-0.05, 0) is 63.4 Å². The van der Waals surface area contributed by atoms with Crippen LogP contribution in [0.1, 0.15) is 72.9 Å². The minimum atomic E-state index is -1.40. The summed E-state index contributed by atoms with van der Waals surface area (Å²) in [7, 11) is 0. The number of nitrogens with zero attached hydrogens (tertiary/aromatic N) is 3. The number of carboxylic acid groups (broad SMARTS) is 1. The summed E-state index contributed by atoms with van der Waals surface area (Å²) in [6, 6.07) is 14.0. The fourth-order valence-electron chi connectivity index (χ4n) is 4.27. The Morgan fingerprint density at radius 2 is 1.69 bits per heavy atom. The highest BCUT2D eigenvalue weighted by Gasteiger charge is 2.29. The van der Waals surface area contributed by atoms with E-state index in [-0.39, 0.29) is 23.9 Å². The first-order valence-corrected chi connectivity index (χ1v) is 12.1. The molecule has 1 N–H and O–H groups in total. The maximum Gasteiger partial charge on any atom is 0.347 e. The zero-order valence-electron chi connectivity index (χ0n) is 20.8. The van der Waals surface area contributed by atoms with E-state index in [9.17, 15) is 19.5 Å². The number of benzene rings is 2. The first-order valence-electron chi connectivity index (χ1n) is 12.1. The first kappa shape index (κ1) is 25.2. The van der Waals surface area contributed by atoms with Crippen LogP contribution in [0.3, 0.4) is 0 Å². The van der Waals surface area contributed by atoms with Gasteiger partial charge in [-0.2, -0.15) is 5.10 Å². The third-order valence-corrected chi connectivity index (χ3v) is 6.39. The Hall–Kier alpha value is -3.88. The number of carbonyl (C=O) groups excluding carboxylic acids is 1. The molecule has 9 heteroatoms. The Morgan fingerprint density at radius 1 is 1.06 bits per heavy atom. The highest BCUT2D eigenvalue weighted by atomic mass is 16.5. The Kier molecular flexibility index (Phi) is 7.28. The van der Waals surface area contributed by atoms with E-state index in [0.717, 1.165) is 36.8 Å². The molecule has 36 heavy (non-hydrogen) atoms.